The van der Waals surface area contributed by atoms with Crippen molar-refractivity contribution in [3.63, 3.8) is 0 Å². The van der Waals surface area contributed by atoms with Gasteiger partial charge in [0.25, 0.3) is 0 Å². The van der Waals surface area contributed by atoms with Gasteiger partial charge in [0.05, 0.1) is 12.6 Å². The van der Waals surface area contributed by atoms with Gasteiger partial charge in [0.1, 0.15) is 11.6 Å². The van der Waals surface area contributed by atoms with Gasteiger partial charge in [-0.05, 0) is 44.5 Å². The van der Waals surface area contributed by atoms with Gasteiger partial charge >= 0.3 is 5.97 Å². The van der Waals surface area contributed by atoms with Crippen LogP contribution in [0.1, 0.15) is 19.4 Å². The minimum Gasteiger partial charge on any atom is -0.462 e. The van der Waals surface area contributed by atoms with Crippen LogP contribution in [0.5, 0.6) is 0 Å². The number of hydrogen-bond donors (Lipinski definition) is 1. The van der Waals surface area contributed by atoms with Gasteiger partial charge in [0.2, 0.25) is 0 Å². The van der Waals surface area contributed by atoms with Crippen molar-refractivity contribution >= 4 is 5.97 Å². The van der Waals surface area contributed by atoms with Crippen LogP contribution in [0.2, 0.25) is 0 Å². The third-order valence-electron chi connectivity index (χ3n) is 2.15. The van der Waals surface area contributed by atoms with Crippen molar-refractivity contribution in [2.75, 3.05) is 13.1 Å². The minimum absolute atomic E-state index is 0.0932. The number of hydrogen-bond acceptors (Lipinski definition) is 3. The summed E-state index contributed by atoms with van der Waals surface area (Å²) in [7, 11) is 0. The van der Waals surface area contributed by atoms with Crippen molar-refractivity contribution in [2.45, 2.75) is 26.4 Å². The Kier molecular flexibility index (Phi) is 5.71. The molecule has 0 aliphatic rings. The van der Waals surface area contributed by atoms with Crippen LogP contribution in [-0.4, -0.2) is 25.2 Å². The molecule has 1 rings (SSSR count). The quantitative estimate of drug-likeness (QED) is 0.626. The molecule has 5 heteroatoms. The Hall–Kier alpha value is -1.49. The normalized spacial score (nSPS) is 10.7. The lowest BCUT2D eigenvalue weighted by Gasteiger charge is -2.08. The number of halogens is 2. The molecule has 0 saturated heterocycles. The number of nitrogens with one attached hydrogen (secondary N) is 1. The first kappa shape index (κ1) is 14.6. The molecule has 100 valence electrons. The largest absolute Gasteiger partial charge is 0.462 e. The molecule has 0 fully saturated rings. The fourth-order valence-electron chi connectivity index (χ4n) is 1.48. The summed E-state index contributed by atoms with van der Waals surface area (Å²) in [4.78, 5) is 11.2. The summed E-state index contributed by atoms with van der Waals surface area (Å²) in [5.74, 6) is -1.52. The number of carbonyl (C=O) groups is 1. The molecule has 0 spiro atoms. The zero-order chi connectivity index (χ0) is 13.5. The summed E-state index contributed by atoms with van der Waals surface area (Å²) in [6.07, 6.45) is 0.306. The molecule has 0 aliphatic heterocycles. The zero-order valence-electron chi connectivity index (χ0n) is 10.5. The molecule has 3 nitrogen and oxygen atoms in total. The lowest BCUT2D eigenvalue weighted by molar-refractivity contribution is -0.146. The lowest BCUT2D eigenvalue weighted by atomic mass is 10.1. The second kappa shape index (κ2) is 7.06. The molecule has 0 aliphatic carbocycles. The maximum atomic E-state index is 12.9. The first-order valence-corrected chi connectivity index (χ1v) is 5.82. The van der Waals surface area contributed by atoms with Crippen molar-refractivity contribution in [3.05, 3.63) is 35.4 Å². The average Bonchev–Trinajstić information content (AvgIpc) is 2.22. The Bertz CT molecular complexity index is 388. The zero-order valence-corrected chi connectivity index (χ0v) is 10.5. The van der Waals surface area contributed by atoms with Gasteiger partial charge < -0.3 is 10.1 Å². The van der Waals surface area contributed by atoms with E-state index in [-0.39, 0.29) is 18.6 Å². The van der Waals surface area contributed by atoms with E-state index in [4.69, 9.17) is 4.74 Å². The van der Waals surface area contributed by atoms with E-state index in [1.165, 1.54) is 12.1 Å². The topological polar surface area (TPSA) is 38.3 Å². The Morgan fingerprint density at radius 2 is 1.89 bits per heavy atom. The van der Waals surface area contributed by atoms with E-state index in [0.29, 0.717) is 18.5 Å². The smallest absolute Gasteiger partial charge is 0.320 e. The van der Waals surface area contributed by atoms with Crippen molar-refractivity contribution in [1.82, 2.24) is 5.32 Å². The second-order valence-electron chi connectivity index (χ2n) is 4.24. The number of rotatable bonds is 6. The number of esters is 1. The maximum absolute atomic E-state index is 12.9. The Morgan fingerprint density at radius 3 is 2.44 bits per heavy atom. The molecular formula is C13H17F2NO2. The molecule has 0 saturated carbocycles. The number of ether oxygens (including phenoxy) is 1. The van der Waals surface area contributed by atoms with E-state index < -0.39 is 11.6 Å². The van der Waals surface area contributed by atoms with E-state index in [1.54, 1.807) is 13.8 Å². The molecule has 0 bridgehead atoms. The highest BCUT2D eigenvalue weighted by atomic mass is 19.1. The molecule has 0 amide bonds. The summed E-state index contributed by atoms with van der Waals surface area (Å²) in [6, 6.07) is 3.38. The Balaban J connectivity index is 2.27. The average molecular weight is 257 g/mol. The predicted molar refractivity (Wildman–Crippen MR) is 64.2 cm³/mol. The van der Waals surface area contributed by atoms with Crippen LogP contribution in [0.4, 0.5) is 8.78 Å². The molecule has 1 aromatic carbocycles. The highest BCUT2D eigenvalue weighted by Gasteiger charge is 2.05. The van der Waals surface area contributed by atoms with Crippen molar-refractivity contribution in [1.29, 1.82) is 0 Å². The van der Waals surface area contributed by atoms with Crippen molar-refractivity contribution in [3.8, 4) is 0 Å². The number of carbonyl (C=O) groups excluding carboxylic acids is 1. The highest BCUT2D eigenvalue weighted by Crippen LogP contribution is 2.07. The van der Waals surface area contributed by atoms with Crippen LogP contribution in [0.3, 0.4) is 0 Å². The molecule has 1 aromatic rings. The molecular weight excluding hydrogens is 240 g/mol. The van der Waals surface area contributed by atoms with Crippen LogP contribution in [-0.2, 0) is 16.0 Å². The summed E-state index contributed by atoms with van der Waals surface area (Å²) >= 11 is 0. The molecule has 0 atom stereocenters. The standard InChI is InChI=1S/C13H17F2NO2/c1-9(2)18-13(17)8-16-4-3-10-5-11(14)7-12(15)6-10/h5-7,9,16H,3-4,8H2,1-2H3. The second-order valence-corrected chi connectivity index (χ2v) is 4.24. The third kappa shape index (κ3) is 5.72. The lowest BCUT2D eigenvalue weighted by Crippen LogP contribution is -2.28. The van der Waals surface area contributed by atoms with Gasteiger partial charge in [-0.15, -0.1) is 0 Å². The SMILES string of the molecule is CC(C)OC(=O)CNCCc1cc(F)cc(F)c1. The third-order valence-corrected chi connectivity index (χ3v) is 2.15. The first-order chi connectivity index (χ1) is 8.47. The van der Waals surface area contributed by atoms with Gasteiger partial charge in [-0.3, -0.25) is 4.79 Å². The Morgan fingerprint density at radius 1 is 1.28 bits per heavy atom. The van der Waals surface area contributed by atoms with E-state index in [2.05, 4.69) is 5.32 Å². The number of benzene rings is 1. The van der Waals surface area contributed by atoms with E-state index in [0.717, 1.165) is 6.07 Å². The van der Waals surface area contributed by atoms with Crippen molar-refractivity contribution in [2.24, 2.45) is 0 Å². The maximum Gasteiger partial charge on any atom is 0.320 e. The van der Waals surface area contributed by atoms with Crippen LogP contribution in [0.15, 0.2) is 18.2 Å². The fraction of sp³-hybridized carbons (Fsp3) is 0.462. The summed E-state index contributed by atoms with van der Waals surface area (Å²) in [6.45, 7) is 4.09. The van der Waals surface area contributed by atoms with E-state index in [9.17, 15) is 13.6 Å². The highest BCUT2D eigenvalue weighted by molar-refractivity contribution is 5.71. The monoisotopic (exact) mass is 257 g/mol. The molecule has 18 heavy (non-hydrogen) atoms. The summed E-state index contributed by atoms with van der Waals surface area (Å²) in [5, 5.41) is 2.86. The molecule has 0 unspecified atom stereocenters. The van der Waals surface area contributed by atoms with Gasteiger partial charge in [-0.1, -0.05) is 0 Å². The fourth-order valence-corrected chi connectivity index (χ4v) is 1.48. The summed E-state index contributed by atoms with van der Waals surface area (Å²) < 4.78 is 30.7. The molecule has 0 heterocycles. The predicted octanol–water partition coefficient (Wildman–Crippen LogP) is 2.05. The molecule has 0 radical (unpaired) electrons. The summed E-state index contributed by atoms with van der Waals surface area (Å²) in [5.41, 5.74) is 0.553. The van der Waals surface area contributed by atoms with Gasteiger partial charge in [-0.2, -0.15) is 0 Å². The van der Waals surface area contributed by atoms with Crippen LogP contribution >= 0.6 is 0 Å². The Labute approximate surface area is 105 Å². The van der Waals surface area contributed by atoms with Gasteiger partial charge in [0, 0.05) is 6.07 Å². The molecule has 1 N–H and O–H groups in total. The molecule has 0 aromatic heterocycles. The van der Waals surface area contributed by atoms with Crippen molar-refractivity contribution < 1.29 is 18.3 Å². The van der Waals surface area contributed by atoms with Crippen LogP contribution < -0.4 is 5.32 Å². The van der Waals surface area contributed by atoms with Crippen LogP contribution in [0.25, 0.3) is 0 Å². The van der Waals surface area contributed by atoms with Gasteiger partial charge in [-0.25, -0.2) is 8.78 Å². The first-order valence-electron chi connectivity index (χ1n) is 5.82. The van der Waals surface area contributed by atoms with E-state index in [1.807, 2.05) is 0 Å². The van der Waals surface area contributed by atoms with Crippen LogP contribution in [0, 0.1) is 11.6 Å². The van der Waals surface area contributed by atoms with Gasteiger partial charge in [0.15, 0.2) is 0 Å². The van der Waals surface area contributed by atoms with E-state index >= 15 is 0 Å². The minimum atomic E-state index is -0.593.